The number of guanidine groups is 1. The van der Waals surface area contributed by atoms with E-state index in [1.54, 1.807) is 11.3 Å². The zero-order valence-corrected chi connectivity index (χ0v) is 18.3. The van der Waals surface area contributed by atoms with Gasteiger partial charge in [-0.05, 0) is 52.9 Å². The molecule has 0 spiro atoms. The molecule has 0 unspecified atom stereocenters. The predicted molar refractivity (Wildman–Crippen MR) is 116 cm³/mol. The Hall–Kier alpha value is -1.14. The molecule has 27 heavy (non-hydrogen) atoms. The molecule has 5 nitrogen and oxygen atoms in total. The Kier molecular flexibility index (Phi) is 10.8. The van der Waals surface area contributed by atoms with Crippen molar-refractivity contribution in [1.82, 2.24) is 15.6 Å². The second-order valence-corrected chi connectivity index (χ2v) is 8.67. The van der Waals surface area contributed by atoms with Crippen LogP contribution < -0.4 is 10.6 Å². The summed E-state index contributed by atoms with van der Waals surface area (Å²) in [7, 11) is 0. The Labute approximate surface area is 169 Å². The van der Waals surface area contributed by atoms with Gasteiger partial charge >= 0.3 is 0 Å². The monoisotopic (exact) mass is 394 g/mol. The molecule has 0 radical (unpaired) electrons. The van der Waals surface area contributed by atoms with Crippen LogP contribution in [-0.2, 0) is 11.2 Å². The van der Waals surface area contributed by atoms with Crippen LogP contribution in [-0.4, -0.2) is 43.3 Å². The third-order valence-corrected chi connectivity index (χ3v) is 6.16. The van der Waals surface area contributed by atoms with Crippen molar-refractivity contribution in [3.8, 4) is 0 Å². The number of nitrogens with zero attached hydrogens (tertiary/aromatic N) is 2. The average Bonchev–Trinajstić information content (AvgIpc) is 2.99. The average molecular weight is 395 g/mol. The zero-order chi connectivity index (χ0) is 19.3. The molecule has 1 aromatic heterocycles. The van der Waals surface area contributed by atoms with E-state index in [-0.39, 0.29) is 0 Å². The lowest BCUT2D eigenvalue weighted by molar-refractivity contribution is 0.0264. The van der Waals surface area contributed by atoms with E-state index in [9.17, 15) is 0 Å². The second kappa shape index (κ2) is 13.1. The molecule has 6 heteroatoms. The van der Waals surface area contributed by atoms with Crippen LogP contribution in [0.3, 0.4) is 0 Å². The molecular formula is C21H38N4OS. The summed E-state index contributed by atoms with van der Waals surface area (Å²) >= 11 is 1.80. The van der Waals surface area contributed by atoms with Crippen LogP contribution in [0.4, 0.5) is 0 Å². The largest absolute Gasteiger partial charge is 0.378 e. The van der Waals surface area contributed by atoms with Gasteiger partial charge in [0.2, 0.25) is 0 Å². The maximum atomic E-state index is 5.99. The first-order valence-corrected chi connectivity index (χ1v) is 11.6. The van der Waals surface area contributed by atoms with Gasteiger partial charge in [-0.15, -0.1) is 11.3 Å². The van der Waals surface area contributed by atoms with Crippen LogP contribution in [0.1, 0.15) is 73.9 Å². The van der Waals surface area contributed by atoms with E-state index >= 15 is 0 Å². The van der Waals surface area contributed by atoms with Crippen molar-refractivity contribution in [2.24, 2.45) is 4.99 Å². The number of hydrogen-bond acceptors (Lipinski definition) is 4. The normalized spacial score (nSPS) is 15.9. The summed E-state index contributed by atoms with van der Waals surface area (Å²) in [6, 6.07) is 0. The summed E-state index contributed by atoms with van der Waals surface area (Å²) in [5, 5.41) is 7.95. The van der Waals surface area contributed by atoms with Crippen molar-refractivity contribution < 1.29 is 4.74 Å². The number of unbranched alkanes of at least 4 members (excludes halogenated alkanes) is 2. The summed E-state index contributed by atoms with van der Waals surface area (Å²) in [5.41, 5.74) is 1.16. The lowest BCUT2D eigenvalue weighted by Crippen LogP contribution is -2.38. The summed E-state index contributed by atoms with van der Waals surface area (Å²) in [6.45, 7) is 9.86. The van der Waals surface area contributed by atoms with Crippen molar-refractivity contribution in [1.29, 1.82) is 0 Å². The first kappa shape index (κ1) is 22.2. The van der Waals surface area contributed by atoms with Crippen LogP contribution in [0.25, 0.3) is 0 Å². The van der Waals surface area contributed by atoms with Gasteiger partial charge in [0.25, 0.3) is 0 Å². The highest BCUT2D eigenvalue weighted by Crippen LogP contribution is 2.20. The summed E-state index contributed by atoms with van der Waals surface area (Å²) in [4.78, 5) is 10.6. The lowest BCUT2D eigenvalue weighted by Gasteiger charge is -2.21. The standard InChI is InChI=1S/C21H38N4OS/c1-4-22-21(24-15-13-20-25-17(2)18(3)27-20)23-14-9-6-10-16-26-19-11-7-5-8-12-19/h19H,4-16H2,1-3H3,(H2,22,23,24). The van der Waals surface area contributed by atoms with Crippen LogP contribution in [0.5, 0.6) is 0 Å². The molecule has 1 fully saturated rings. The molecule has 0 aromatic carbocycles. The summed E-state index contributed by atoms with van der Waals surface area (Å²) < 4.78 is 5.99. The van der Waals surface area contributed by atoms with Crippen LogP contribution in [0.2, 0.25) is 0 Å². The van der Waals surface area contributed by atoms with Crippen LogP contribution >= 0.6 is 11.3 Å². The molecular weight excluding hydrogens is 356 g/mol. The molecule has 1 saturated carbocycles. The Morgan fingerprint density at radius 2 is 1.96 bits per heavy atom. The first-order valence-electron chi connectivity index (χ1n) is 10.8. The fraction of sp³-hybridized carbons (Fsp3) is 0.810. The van der Waals surface area contributed by atoms with Crippen molar-refractivity contribution in [3.05, 3.63) is 15.6 Å². The number of nitrogens with one attached hydrogen (secondary N) is 2. The SMILES string of the molecule is CCNC(=NCCCCCOC1CCCCC1)NCCc1nc(C)c(C)s1. The van der Waals surface area contributed by atoms with Gasteiger partial charge in [-0.2, -0.15) is 0 Å². The van der Waals surface area contributed by atoms with Gasteiger partial charge in [-0.3, -0.25) is 4.99 Å². The Morgan fingerprint density at radius 3 is 2.67 bits per heavy atom. The van der Waals surface area contributed by atoms with Gasteiger partial charge in [-0.25, -0.2) is 4.98 Å². The van der Waals surface area contributed by atoms with Crippen molar-refractivity contribution in [3.63, 3.8) is 0 Å². The number of rotatable bonds is 11. The van der Waals surface area contributed by atoms with E-state index in [4.69, 9.17) is 9.73 Å². The van der Waals surface area contributed by atoms with E-state index in [1.807, 2.05) is 0 Å². The molecule has 2 N–H and O–H groups in total. The van der Waals surface area contributed by atoms with Gasteiger partial charge < -0.3 is 15.4 Å². The molecule has 1 aliphatic carbocycles. The number of hydrogen-bond donors (Lipinski definition) is 2. The van der Waals surface area contributed by atoms with E-state index in [2.05, 4.69) is 36.4 Å². The number of ether oxygens (including phenoxy) is 1. The number of aryl methyl sites for hydroxylation is 2. The molecule has 0 atom stereocenters. The molecule has 154 valence electrons. The molecule has 1 aliphatic rings. The topological polar surface area (TPSA) is 58.5 Å². The molecule has 0 saturated heterocycles. The molecule has 2 rings (SSSR count). The third-order valence-electron chi connectivity index (χ3n) is 5.03. The summed E-state index contributed by atoms with van der Waals surface area (Å²) in [6.07, 6.45) is 11.6. The molecule has 0 amide bonds. The van der Waals surface area contributed by atoms with Gasteiger partial charge in [0.15, 0.2) is 5.96 Å². The lowest BCUT2D eigenvalue weighted by atomic mass is 9.98. The Morgan fingerprint density at radius 1 is 1.15 bits per heavy atom. The van der Waals surface area contributed by atoms with E-state index in [0.717, 1.165) is 57.2 Å². The molecule has 1 heterocycles. The van der Waals surface area contributed by atoms with E-state index in [0.29, 0.717) is 6.10 Å². The molecule has 1 aromatic rings. The van der Waals surface area contributed by atoms with Gasteiger partial charge in [0.05, 0.1) is 16.8 Å². The third kappa shape index (κ3) is 9.06. The maximum absolute atomic E-state index is 5.99. The number of thiazole rings is 1. The van der Waals surface area contributed by atoms with Gasteiger partial charge in [0, 0.05) is 37.5 Å². The van der Waals surface area contributed by atoms with Crippen LogP contribution in [0.15, 0.2) is 4.99 Å². The Balaban J connectivity index is 1.55. The number of aliphatic imine (C=N–C) groups is 1. The fourth-order valence-corrected chi connectivity index (χ4v) is 4.27. The maximum Gasteiger partial charge on any atom is 0.191 e. The molecule has 0 bridgehead atoms. The minimum Gasteiger partial charge on any atom is -0.378 e. The fourth-order valence-electron chi connectivity index (χ4n) is 3.34. The van der Waals surface area contributed by atoms with Crippen molar-refractivity contribution >= 4 is 17.3 Å². The Bertz CT molecular complexity index is 533. The highest BCUT2D eigenvalue weighted by Gasteiger charge is 2.12. The van der Waals surface area contributed by atoms with E-state index < -0.39 is 0 Å². The van der Waals surface area contributed by atoms with Gasteiger partial charge in [-0.1, -0.05) is 19.3 Å². The van der Waals surface area contributed by atoms with Crippen molar-refractivity contribution in [2.75, 3.05) is 26.2 Å². The predicted octanol–water partition coefficient (Wildman–Crippen LogP) is 4.38. The molecule has 0 aliphatic heterocycles. The van der Waals surface area contributed by atoms with Gasteiger partial charge in [0.1, 0.15) is 0 Å². The summed E-state index contributed by atoms with van der Waals surface area (Å²) in [5.74, 6) is 0.918. The minimum absolute atomic E-state index is 0.534. The van der Waals surface area contributed by atoms with E-state index in [1.165, 1.54) is 48.4 Å². The van der Waals surface area contributed by atoms with Crippen molar-refractivity contribution in [2.45, 2.75) is 84.7 Å². The zero-order valence-electron chi connectivity index (χ0n) is 17.5. The number of aromatic nitrogens is 1. The highest BCUT2D eigenvalue weighted by molar-refractivity contribution is 7.11. The smallest absolute Gasteiger partial charge is 0.191 e. The quantitative estimate of drug-likeness (QED) is 0.332. The van der Waals surface area contributed by atoms with Crippen LogP contribution in [0, 0.1) is 13.8 Å². The highest BCUT2D eigenvalue weighted by atomic mass is 32.1. The minimum atomic E-state index is 0.534. The first-order chi connectivity index (χ1) is 13.2. The second-order valence-electron chi connectivity index (χ2n) is 7.38.